The fourth-order valence-corrected chi connectivity index (χ4v) is 4.96. The molecular formula is C25H37N7O. The summed E-state index contributed by atoms with van der Waals surface area (Å²) in [5, 5.41) is 15.1. The third-order valence-electron chi connectivity index (χ3n) is 7.03. The molecule has 0 bridgehead atoms. The molecule has 8 nitrogen and oxygen atoms in total. The Kier molecular flexibility index (Phi) is 7.12. The predicted molar refractivity (Wildman–Crippen MR) is 130 cm³/mol. The van der Waals surface area contributed by atoms with Crippen LogP contribution in [0.15, 0.2) is 18.6 Å². The quantitative estimate of drug-likeness (QED) is 0.536. The highest BCUT2D eigenvalue weighted by molar-refractivity contribution is 5.96. The fraction of sp³-hybridized carbons (Fsp3) is 0.600. The number of nitrogens with one attached hydrogen (secondary N) is 2. The molecule has 1 saturated heterocycles. The summed E-state index contributed by atoms with van der Waals surface area (Å²) in [6.07, 6.45) is 7.93. The van der Waals surface area contributed by atoms with Crippen LogP contribution in [0.25, 0.3) is 16.9 Å². The van der Waals surface area contributed by atoms with Crippen LogP contribution < -0.4 is 5.32 Å². The average molecular weight is 452 g/mol. The summed E-state index contributed by atoms with van der Waals surface area (Å²) in [6.45, 7) is 14.0. The van der Waals surface area contributed by atoms with Gasteiger partial charge in [-0.15, -0.1) is 0 Å². The molecule has 1 amide bonds. The highest BCUT2D eigenvalue weighted by Crippen LogP contribution is 2.31. The molecule has 1 aliphatic rings. The van der Waals surface area contributed by atoms with E-state index in [1.165, 1.54) is 19.4 Å². The molecule has 8 heteroatoms. The van der Waals surface area contributed by atoms with Crippen molar-refractivity contribution in [3.63, 3.8) is 0 Å². The van der Waals surface area contributed by atoms with Gasteiger partial charge in [-0.3, -0.25) is 9.89 Å². The zero-order chi connectivity index (χ0) is 23.5. The fourth-order valence-electron chi connectivity index (χ4n) is 4.96. The number of carbonyl (C=O) groups excluding carboxylic acids is 1. The Morgan fingerprint density at radius 2 is 1.97 bits per heavy atom. The maximum atomic E-state index is 13.2. The lowest BCUT2D eigenvalue weighted by Gasteiger charge is -2.34. The van der Waals surface area contributed by atoms with Crippen LogP contribution in [0.1, 0.15) is 80.9 Å². The number of hydrogen-bond acceptors (Lipinski definition) is 5. The zero-order valence-corrected chi connectivity index (χ0v) is 20.6. The number of aromatic nitrogens is 5. The molecule has 33 heavy (non-hydrogen) atoms. The smallest absolute Gasteiger partial charge is 0.269 e. The van der Waals surface area contributed by atoms with E-state index in [2.05, 4.69) is 64.3 Å². The van der Waals surface area contributed by atoms with E-state index in [0.717, 1.165) is 59.9 Å². The second-order valence-corrected chi connectivity index (χ2v) is 9.69. The van der Waals surface area contributed by atoms with Gasteiger partial charge in [-0.25, -0.2) is 9.50 Å². The van der Waals surface area contributed by atoms with Gasteiger partial charge < -0.3 is 10.2 Å². The van der Waals surface area contributed by atoms with E-state index in [0.29, 0.717) is 5.69 Å². The molecule has 0 aliphatic carbocycles. The third-order valence-corrected chi connectivity index (χ3v) is 7.03. The molecular weight excluding hydrogens is 414 g/mol. The summed E-state index contributed by atoms with van der Waals surface area (Å²) >= 11 is 0. The van der Waals surface area contributed by atoms with E-state index in [1.54, 1.807) is 10.8 Å². The van der Waals surface area contributed by atoms with E-state index in [-0.39, 0.29) is 17.9 Å². The number of carbonyl (C=O) groups is 1. The first kappa shape index (κ1) is 23.4. The van der Waals surface area contributed by atoms with Crippen LogP contribution in [-0.2, 0) is 0 Å². The van der Waals surface area contributed by atoms with Gasteiger partial charge >= 0.3 is 0 Å². The standard InChI is InChI=1S/C25H37N7O/c1-6-18(7-2)13-31-10-8-20(9-11-31)28-25(33)23-21(16(3)4)22(29-30-23)19-12-17(5)24-26-15-27-32(24)14-19/h12,14-16,18,20H,6-11,13H2,1-5H3,(H,28,33)(H,29,30). The van der Waals surface area contributed by atoms with Crippen LogP contribution >= 0.6 is 0 Å². The van der Waals surface area contributed by atoms with Crippen molar-refractivity contribution in [1.82, 2.24) is 35.0 Å². The number of likely N-dealkylation sites (tertiary alicyclic amines) is 1. The normalized spacial score (nSPS) is 15.7. The maximum absolute atomic E-state index is 13.2. The third kappa shape index (κ3) is 4.95. The SMILES string of the molecule is CCC(CC)CN1CCC(NC(=O)c2[nH]nc(-c3cc(C)c4ncnn4c3)c2C(C)C)CC1. The largest absolute Gasteiger partial charge is 0.348 e. The molecule has 0 spiro atoms. The lowest BCUT2D eigenvalue weighted by molar-refractivity contribution is 0.0898. The van der Waals surface area contributed by atoms with Crippen molar-refractivity contribution in [2.24, 2.45) is 5.92 Å². The molecule has 0 unspecified atom stereocenters. The minimum atomic E-state index is -0.0607. The Hall–Kier alpha value is -2.74. The Morgan fingerprint density at radius 3 is 2.64 bits per heavy atom. The lowest BCUT2D eigenvalue weighted by atomic mass is 9.96. The molecule has 3 aromatic rings. The molecule has 2 N–H and O–H groups in total. The first-order valence-electron chi connectivity index (χ1n) is 12.3. The number of fused-ring (bicyclic) bond motifs is 1. The van der Waals surface area contributed by atoms with Gasteiger partial charge in [-0.1, -0.05) is 40.5 Å². The van der Waals surface area contributed by atoms with E-state index in [1.807, 2.05) is 13.1 Å². The van der Waals surface area contributed by atoms with Gasteiger partial charge in [0, 0.05) is 43.0 Å². The van der Waals surface area contributed by atoms with Crippen molar-refractivity contribution >= 4 is 11.6 Å². The van der Waals surface area contributed by atoms with Crippen LogP contribution in [0.5, 0.6) is 0 Å². The van der Waals surface area contributed by atoms with Crippen molar-refractivity contribution in [2.45, 2.75) is 72.3 Å². The van der Waals surface area contributed by atoms with Crippen molar-refractivity contribution in [2.75, 3.05) is 19.6 Å². The molecule has 1 aliphatic heterocycles. The summed E-state index contributed by atoms with van der Waals surface area (Å²) in [5.41, 5.74) is 5.09. The number of aromatic amines is 1. The van der Waals surface area contributed by atoms with Crippen LogP contribution in [0, 0.1) is 12.8 Å². The average Bonchev–Trinajstić information content (AvgIpc) is 3.46. The van der Waals surface area contributed by atoms with Crippen molar-refractivity contribution in [1.29, 1.82) is 0 Å². The zero-order valence-electron chi connectivity index (χ0n) is 20.6. The molecule has 0 atom stereocenters. The first-order valence-corrected chi connectivity index (χ1v) is 12.3. The second kappa shape index (κ2) is 10.0. The van der Waals surface area contributed by atoms with Crippen molar-refractivity contribution < 1.29 is 4.79 Å². The van der Waals surface area contributed by atoms with E-state index < -0.39 is 0 Å². The number of aryl methyl sites for hydroxylation is 1. The first-order chi connectivity index (χ1) is 15.9. The van der Waals surface area contributed by atoms with Gasteiger partial charge in [0.15, 0.2) is 5.65 Å². The number of pyridine rings is 1. The van der Waals surface area contributed by atoms with Crippen LogP contribution in [0.4, 0.5) is 0 Å². The summed E-state index contributed by atoms with van der Waals surface area (Å²) in [5.74, 6) is 0.858. The predicted octanol–water partition coefficient (Wildman–Crippen LogP) is 4.18. The Morgan fingerprint density at radius 1 is 1.24 bits per heavy atom. The summed E-state index contributed by atoms with van der Waals surface area (Å²) in [4.78, 5) is 20.1. The summed E-state index contributed by atoms with van der Waals surface area (Å²) in [7, 11) is 0. The topological polar surface area (TPSA) is 91.2 Å². The number of hydrogen-bond donors (Lipinski definition) is 2. The van der Waals surface area contributed by atoms with E-state index in [9.17, 15) is 4.79 Å². The van der Waals surface area contributed by atoms with Gasteiger partial charge in [-0.2, -0.15) is 10.2 Å². The molecule has 4 rings (SSSR count). The number of nitrogens with zero attached hydrogens (tertiary/aromatic N) is 5. The highest BCUT2D eigenvalue weighted by Gasteiger charge is 2.27. The van der Waals surface area contributed by atoms with Crippen LogP contribution in [0.3, 0.4) is 0 Å². The van der Waals surface area contributed by atoms with Crippen LogP contribution in [-0.4, -0.2) is 61.3 Å². The summed E-state index contributed by atoms with van der Waals surface area (Å²) < 4.78 is 1.76. The number of piperidine rings is 1. The number of H-pyrrole nitrogens is 1. The maximum Gasteiger partial charge on any atom is 0.269 e. The highest BCUT2D eigenvalue weighted by atomic mass is 16.2. The molecule has 4 heterocycles. The Balaban J connectivity index is 1.48. The molecule has 0 saturated carbocycles. The van der Waals surface area contributed by atoms with Gasteiger partial charge in [0.2, 0.25) is 0 Å². The Bertz CT molecular complexity index is 1090. The van der Waals surface area contributed by atoms with E-state index in [4.69, 9.17) is 0 Å². The summed E-state index contributed by atoms with van der Waals surface area (Å²) in [6, 6.07) is 2.26. The molecule has 1 fully saturated rings. The number of amides is 1. The number of rotatable bonds is 8. The Labute approximate surface area is 196 Å². The molecule has 0 radical (unpaired) electrons. The minimum absolute atomic E-state index is 0.0607. The van der Waals surface area contributed by atoms with Gasteiger partial charge in [0.25, 0.3) is 5.91 Å². The van der Waals surface area contributed by atoms with Gasteiger partial charge in [0.05, 0.1) is 5.69 Å². The van der Waals surface area contributed by atoms with Crippen LogP contribution in [0.2, 0.25) is 0 Å². The van der Waals surface area contributed by atoms with Gasteiger partial charge in [-0.05, 0) is 43.2 Å². The second-order valence-electron chi connectivity index (χ2n) is 9.69. The molecule has 0 aromatic carbocycles. The van der Waals surface area contributed by atoms with Crippen molar-refractivity contribution in [3.8, 4) is 11.3 Å². The lowest BCUT2D eigenvalue weighted by Crippen LogP contribution is -2.46. The van der Waals surface area contributed by atoms with Crippen molar-refractivity contribution in [3.05, 3.63) is 35.4 Å². The van der Waals surface area contributed by atoms with E-state index >= 15 is 0 Å². The monoisotopic (exact) mass is 451 g/mol. The minimum Gasteiger partial charge on any atom is -0.348 e. The molecule has 178 valence electrons. The van der Waals surface area contributed by atoms with Gasteiger partial charge in [0.1, 0.15) is 12.0 Å². The molecule has 3 aromatic heterocycles.